The van der Waals surface area contributed by atoms with Crippen molar-refractivity contribution in [3.05, 3.63) is 69.2 Å². The maximum atomic E-state index is 13.4. The van der Waals surface area contributed by atoms with Crippen molar-refractivity contribution in [1.82, 2.24) is 4.57 Å². The van der Waals surface area contributed by atoms with Crippen LogP contribution in [0.5, 0.6) is 0 Å². The SMILES string of the molecule is N#Cc1cc(F)cc(Cn2ccc3sccc3c2=O)c1. The van der Waals surface area contributed by atoms with Crippen molar-refractivity contribution in [2.75, 3.05) is 0 Å². The summed E-state index contributed by atoms with van der Waals surface area (Å²) in [6.07, 6.45) is 1.69. The average molecular weight is 284 g/mol. The number of nitrogens with zero attached hydrogens (tertiary/aromatic N) is 2. The smallest absolute Gasteiger partial charge is 0.259 e. The maximum Gasteiger partial charge on any atom is 0.259 e. The number of fused-ring (bicyclic) bond motifs is 1. The summed E-state index contributed by atoms with van der Waals surface area (Å²) in [5.41, 5.74) is 0.745. The van der Waals surface area contributed by atoms with Crippen molar-refractivity contribution >= 4 is 21.4 Å². The third kappa shape index (κ3) is 2.22. The van der Waals surface area contributed by atoms with Gasteiger partial charge in [-0.05, 0) is 41.3 Å². The number of hydrogen-bond donors (Lipinski definition) is 0. The average Bonchev–Trinajstić information content (AvgIpc) is 2.90. The minimum atomic E-state index is -0.469. The Balaban J connectivity index is 2.05. The minimum Gasteiger partial charge on any atom is -0.311 e. The van der Waals surface area contributed by atoms with Gasteiger partial charge in [-0.2, -0.15) is 5.26 Å². The topological polar surface area (TPSA) is 45.8 Å². The largest absolute Gasteiger partial charge is 0.311 e. The van der Waals surface area contributed by atoms with Crippen molar-refractivity contribution in [2.45, 2.75) is 6.54 Å². The van der Waals surface area contributed by atoms with Crippen LogP contribution in [0.4, 0.5) is 4.39 Å². The van der Waals surface area contributed by atoms with E-state index in [0.29, 0.717) is 10.9 Å². The van der Waals surface area contributed by atoms with Gasteiger partial charge in [0.15, 0.2) is 0 Å². The Morgan fingerprint density at radius 2 is 2.15 bits per heavy atom. The molecule has 98 valence electrons. The molecule has 0 bridgehead atoms. The summed E-state index contributed by atoms with van der Waals surface area (Å²) in [5.74, 6) is -0.469. The molecule has 0 fully saturated rings. The molecule has 0 saturated carbocycles. The first-order valence-electron chi connectivity index (χ1n) is 5.93. The molecule has 2 aromatic heterocycles. The Bertz CT molecular complexity index is 889. The number of hydrogen-bond acceptors (Lipinski definition) is 3. The highest BCUT2D eigenvalue weighted by molar-refractivity contribution is 7.17. The zero-order valence-electron chi connectivity index (χ0n) is 10.3. The van der Waals surface area contributed by atoms with E-state index in [1.807, 2.05) is 17.5 Å². The second kappa shape index (κ2) is 4.91. The van der Waals surface area contributed by atoms with Crippen LogP contribution in [0, 0.1) is 17.1 Å². The highest BCUT2D eigenvalue weighted by Crippen LogP contribution is 2.17. The van der Waals surface area contributed by atoms with Gasteiger partial charge in [0.2, 0.25) is 0 Å². The molecule has 0 aliphatic heterocycles. The van der Waals surface area contributed by atoms with Crippen LogP contribution in [0.3, 0.4) is 0 Å². The Morgan fingerprint density at radius 1 is 1.30 bits per heavy atom. The van der Waals surface area contributed by atoms with Crippen LogP contribution in [0.1, 0.15) is 11.1 Å². The van der Waals surface area contributed by atoms with E-state index in [1.54, 1.807) is 18.3 Å². The van der Waals surface area contributed by atoms with Crippen LogP contribution in [-0.2, 0) is 6.54 Å². The molecule has 0 radical (unpaired) electrons. The lowest BCUT2D eigenvalue weighted by molar-refractivity contribution is 0.622. The van der Waals surface area contributed by atoms with Gasteiger partial charge in [-0.1, -0.05) is 0 Å². The van der Waals surface area contributed by atoms with E-state index in [0.717, 1.165) is 4.70 Å². The molecule has 5 heteroatoms. The van der Waals surface area contributed by atoms with Crippen molar-refractivity contribution < 1.29 is 4.39 Å². The molecule has 3 rings (SSSR count). The van der Waals surface area contributed by atoms with Crippen LogP contribution in [0.15, 0.2) is 46.7 Å². The Morgan fingerprint density at radius 3 is 2.95 bits per heavy atom. The third-order valence-electron chi connectivity index (χ3n) is 3.03. The number of rotatable bonds is 2. The van der Waals surface area contributed by atoms with E-state index in [1.165, 1.54) is 28.0 Å². The number of thiophene rings is 1. The fraction of sp³-hybridized carbons (Fsp3) is 0.0667. The molecule has 3 nitrogen and oxygen atoms in total. The summed E-state index contributed by atoms with van der Waals surface area (Å²) in [6.45, 7) is 0.247. The predicted octanol–water partition coefficient (Wildman–Crippen LogP) is 3.12. The highest BCUT2D eigenvalue weighted by atomic mass is 32.1. The third-order valence-corrected chi connectivity index (χ3v) is 3.91. The molecule has 0 atom stereocenters. The van der Waals surface area contributed by atoms with Gasteiger partial charge in [0.25, 0.3) is 5.56 Å². The molecule has 0 unspecified atom stereocenters. The van der Waals surface area contributed by atoms with Crippen molar-refractivity contribution in [2.24, 2.45) is 0 Å². The lowest BCUT2D eigenvalue weighted by Crippen LogP contribution is -2.19. The molecule has 2 heterocycles. The van der Waals surface area contributed by atoms with Crippen LogP contribution in [0.25, 0.3) is 10.1 Å². The molecule has 0 spiro atoms. The van der Waals surface area contributed by atoms with Gasteiger partial charge in [0.1, 0.15) is 5.82 Å². The first-order valence-corrected chi connectivity index (χ1v) is 6.81. The first-order chi connectivity index (χ1) is 9.67. The molecule has 0 N–H and O–H groups in total. The van der Waals surface area contributed by atoms with Gasteiger partial charge in [0.05, 0.1) is 23.6 Å². The van der Waals surface area contributed by atoms with E-state index in [9.17, 15) is 9.18 Å². The molecule has 0 saturated heterocycles. The summed E-state index contributed by atoms with van der Waals surface area (Å²) in [7, 11) is 0. The van der Waals surface area contributed by atoms with E-state index >= 15 is 0 Å². The van der Waals surface area contributed by atoms with Crippen LogP contribution < -0.4 is 5.56 Å². The number of benzene rings is 1. The van der Waals surface area contributed by atoms with E-state index in [2.05, 4.69) is 0 Å². The van der Waals surface area contributed by atoms with Crippen molar-refractivity contribution in [3.8, 4) is 6.07 Å². The Kier molecular flexibility index (Phi) is 3.09. The first kappa shape index (κ1) is 12.6. The van der Waals surface area contributed by atoms with Gasteiger partial charge < -0.3 is 4.57 Å². The van der Waals surface area contributed by atoms with Crippen LogP contribution in [0.2, 0.25) is 0 Å². The summed E-state index contributed by atoms with van der Waals surface area (Å²) in [4.78, 5) is 12.2. The summed E-state index contributed by atoms with van der Waals surface area (Å²) in [5, 5.41) is 11.4. The second-order valence-corrected chi connectivity index (χ2v) is 5.35. The quantitative estimate of drug-likeness (QED) is 0.726. The number of pyridine rings is 1. The Hall–Kier alpha value is -2.45. The normalized spacial score (nSPS) is 10.6. The van der Waals surface area contributed by atoms with Crippen molar-refractivity contribution in [3.63, 3.8) is 0 Å². The number of aromatic nitrogens is 1. The molecule has 0 aliphatic carbocycles. The van der Waals surface area contributed by atoms with E-state index < -0.39 is 5.82 Å². The fourth-order valence-corrected chi connectivity index (χ4v) is 2.91. The summed E-state index contributed by atoms with van der Waals surface area (Å²) >= 11 is 1.51. The lowest BCUT2D eigenvalue weighted by atomic mass is 10.1. The Labute approximate surface area is 118 Å². The molecule has 0 amide bonds. The lowest BCUT2D eigenvalue weighted by Gasteiger charge is -2.06. The zero-order valence-corrected chi connectivity index (χ0v) is 11.2. The van der Waals surface area contributed by atoms with Gasteiger partial charge in [-0.25, -0.2) is 4.39 Å². The van der Waals surface area contributed by atoms with Crippen LogP contribution >= 0.6 is 11.3 Å². The monoisotopic (exact) mass is 284 g/mol. The summed E-state index contributed by atoms with van der Waals surface area (Å²) < 4.78 is 15.8. The number of halogens is 1. The van der Waals surface area contributed by atoms with Gasteiger partial charge in [-0.15, -0.1) is 11.3 Å². The molecule has 1 aromatic carbocycles. The zero-order chi connectivity index (χ0) is 14.1. The molecular weight excluding hydrogens is 275 g/mol. The highest BCUT2D eigenvalue weighted by Gasteiger charge is 2.06. The van der Waals surface area contributed by atoms with Gasteiger partial charge in [-0.3, -0.25) is 4.79 Å². The van der Waals surface area contributed by atoms with E-state index in [4.69, 9.17) is 5.26 Å². The standard InChI is InChI=1S/C15H9FN2OS/c16-12-6-10(8-17)5-11(7-12)9-18-3-1-14-13(15(18)19)2-4-20-14/h1-7H,9H2. The van der Waals surface area contributed by atoms with Gasteiger partial charge >= 0.3 is 0 Å². The second-order valence-electron chi connectivity index (χ2n) is 4.41. The van der Waals surface area contributed by atoms with Gasteiger partial charge in [0, 0.05) is 10.9 Å². The fourth-order valence-electron chi connectivity index (χ4n) is 2.13. The summed E-state index contributed by atoms with van der Waals surface area (Å²) in [6, 6.07) is 9.66. The molecule has 0 aliphatic rings. The predicted molar refractivity (Wildman–Crippen MR) is 76.3 cm³/mol. The maximum absolute atomic E-state index is 13.4. The van der Waals surface area contributed by atoms with E-state index in [-0.39, 0.29) is 17.7 Å². The minimum absolute atomic E-state index is 0.105. The van der Waals surface area contributed by atoms with Crippen LogP contribution in [-0.4, -0.2) is 4.57 Å². The molecular formula is C15H9FN2OS. The molecule has 3 aromatic rings. The number of nitriles is 1. The molecule has 20 heavy (non-hydrogen) atoms. The van der Waals surface area contributed by atoms with Crippen molar-refractivity contribution in [1.29, 1.82) is 5.26 Å².